The van der Waals surface area contributed by atoms with Gasteiger partial charge in [0, 0.05) is 25.7 Å². The zero-order chi connectivity index (χ0) is 14.4. The van der Waals surface area contributed by atoms with Crippen molar-refractivity contribution >= 4 is 0 Å². The van der Waals surface area contributed by atoms with Crippen LogP contribution in [0.25, 0.3) is 0 Å². The van der Waals surface area contributed by atoms with Gasteiger partial charge in [0.15, 0.2) is 0 Å². The summed E-state index contributed by atoms with van der Waals surface area (Å²) in [6.45, 7) is 8.59. The summed E-state index contributed by atoms with van der Waals surface area (Å²) in [5.41, 5.74) is 0.573. The Bertz CT molecular complexity index is 271. The number of likely N-dealkylation sites (N-methyl/N-ethyl adjacent to an activating group) is 1. The van der Waals surface area contributed by atoms with Crippen molar-refractivity contribution in [2.75, 3.05) is 46.8 Å². The van der Waals surface area contributed by atoms with Crippen molar-refractivity contribution in [3.8, 4) is 0 Å². The van der Waals surface area contributed by atoms with Crippen LogP contribution < -0.4 is 5.32 Å². The van der Waals surface area contributed by atoms with Gasteiger partial charge in [-0.25, -0.2) is 0 Å². The topological polar surface area (TPSA) is 18.5 Å². The average molecular weight is 281 g/mol. The number of likely N-dealkylation sites (tertiary alicyclic amines) is 1. The van der Waals surface area contributed by atoms with Gasteiger partial charge in [-0.15, -0.1) is 0 Å². The van der Waals surface area contributed by atoms with E-state index in [1.807, 2.05) is 0 Å². The Morgan fingerprint density at radius 2 is 1.95 bits per heavy atom. The summed E-state index contributed by atoms with van der Waals surface area (Å²) in [5, 5.41) is 3.71. The maximum atomic E-state index is 3.71. The highest BCUT2D eigenvalue weighted by Gasteiger charge is 2.38. The summed E-state index contributed by atoms with van der Waals surface area (Å²) in [5.74, 6) is 0. The molecular formula is C17H35N3. The molecule has 118 valence electrons. The first-order chi connectivity index (χ1) is 9.65. The molecule has 0 amide bonds. The fraction of sp³-hybridized carbons (Fsp3) is 1.00. The van der Waals surface area contributed by atoms with Crippen molar-refractivity contribution in [1.82, 2.24) is 15.1 Å². The van der Waals surface area contributed by atoms with Crippen molar-refractivity contribution in [2.24, 2.45) is 5.41 Å². The van der Waals surface area contributed by atoms with Crippen molar-refractivity contribution in [3.63, 3.8) is 0 Å². The molecule has 3 heteroatoms. The molecule has 1 atom stereocenters. The first-order valence-corrected chi connectivity index (χ1v) is 8.75. The summed E-state index contributed by atoms with van der Waals surface area (Å²) in [7, 11) is 4.43. The van der Waals surface area contributed by atoms with Crippen LogP contribution in [0.1, 0.15) is 51.9 Å². The Labute approximate surface area is 126 Å². The quantitative estimate of drug-likeness (QED) is 0.690. The van der Waals surface area contributed by atoms with Crippen LogP contribution in [-0.4, -0.2) is 62.7 Å². The standard InChI is InChI=1S/C17H35N3/c1-4-11-18-14-17(9-5-6-10-17)15-20-12-7-8-16(20)13-19(2)3/h16,18H,4-15H2,1-3H3. The van der Waals surface area contributed by atoms with Crippen LogP contribution in [0.5, 0.6) is 0 Å². The summed E-state index contributed by atoms with van der Waals surface area (Å²) in [6, 6.07) is 0.800. The number of hydrogen-bond donors (Lipinski definition) is 1. The van der Waals surface area contributed by atoms with Gasteiger partial charge in [-0.1, -0.05) is 19.8 Å². The number of nitrogens with zero attached hydrogens (tertiary/aromatic N) is 2. The first-order valence-electron chi connectivity index (χ1n) is 8.75. The van der Waals surface area contributed by atoms with Gasteiger partial charge in [-0.3, -0.25) is 4.90 Å². The molecule has 1 saturated heterocycles. The van der Waals surface area contributed by atoms with Gasteiger partial charge >= 0.3 is 0 Å². The van der Waals surface area contributed by atoms with E-state index in [0.717, 1.165) is 6.04 Å². The molecule has 2 fully saturated rings. The van der Waals surface area contributed by atoms with E-state index in [0.29, 0.717) is 5.41 Å². The Morgan fingerprint density at radius 1 is 1.20 bits per heavy atom. The second-order valence-corrected chi connectivity index (χ2v) is 7.41. The molecule has 0 aromatic rings. The van der Waals surface area contributed by atoms with E-state index in [2.05, 4.69) is 36.1 Å². The van der Waals surface area contributed by atoms with E-state index in [9.17, 15) is 0 Å². The van der Waals surface area contributed by atoms with Gasteiger partial charge in [-0.2, -0.15) is 0 Å². The zero-order valence-corrected chi connectivity index (χ0v) is 14.0. The third-order valence-electron chi connectivity index (χ3n) is 5.20. The molecular weight excluding hydrogens is 246 g/mol. The maximum absolute atomic E-state index is 3.71. The lowest BCUT2D eigenvalue weighted by Gasteiger charge is -2.37. The highest BCUT2D eigenvalue weighted by atomic mass is 15.2. The molecule has 0 aromatic carbocycles. The Kier molecular flexibility index (Phi) is 6.31. The summed E-state index contributed by atoms with van der Waals surface area (Å²) in [6.07, 6.45) is 9.82. The fourth-order valence-corrected chi connectivity index (χ4v) is 4.21. The maximum Gasteiger partial charge on any atom is 0.0223 e. The van der Waals surface area contributed by atoms with E-state index in [1.165, 1.54) is 77.7 Å². The largest absolute Gasteiger partial charge is 0.316 e. The normalized spacial score (nSPS) is 26.7. The van der Waals surface area contributed by atoms with E-state index in [4.69, 9.17) is 0 Å². The van der Waals surface area contributed by atoms with Crippen LogP contribution in [-0.2, 0) is 0 Å². The molecule has 1 saturated carbocycles. The smallest absolute Gasteiger partial charge is 0.0223 e. The van der Waals surface area contributed by atoms with Gasteiger partial charge < -0.3 is 10.2 Å². The van der Waals surface area contributed by atoms with Gasteiger partial charge in [0.2, 0.25) is 0 Å². The highest BCUT2D eigenvalue weighted by molar-refractivity contribution is 4.93. The van der Waals surface area contributed by atoms with Gasteiger partial charge in [0.1, 0.15) is 0 Å². The van der Waals surface area contributed by atoms with Crippen molar-refractivity contribution < 1.29 is 0 Å². The molecule has 0 aromatic heterocycles. The minimum Gasteiger partial charge on any atom is -0.316 e. The van der Waals surface area contributed by atoms with Crippen LogP contribution >= 0.6 is 0 Å². The van der Waals surface area contributed by atoms with E-state index >= 15 is 0 Å². The van der Waals surface area contributed by atoms with Crippen LogP contribution in [0.4, 0.5) is 0 Å². The predicted octanol–water partition coefficient (Wildman–Crippen LogP) is 2.57. The minimum atomic E-state index is 0.573. The summed E-state index contributed by atoms with van der Waals surface area (Å²) >= 11 is 0. The monoisotopic (exact) mass is 281 g/mol. The molecule has 0 spiro atoms. The summed E-state index contributed by atoms with van der Waals surface area (Å²) in [4.78, 5) is 5.17. The minimum absolute atomic E-state index is 0.573. The lowest BCUT2D eigenvalue weighted by Crippen LogP contribution is -2.46. The molecule has 1 heterocycles. The molecule has 2 aliphatic rings. The molecule has 2 rings (SSSR count). The lowest BCUT2D eigenvalue weighted by atomic mass is 9.85. The Morgan fingerprint density at radius 3 is 2.60 bits per heavy atom. The molecule has 1 unspecified atom stereocenters. The second-order valence-electron chi connectivity index (χ2n) is 7.41. The van der Waals surface area contributed by atoms with Crippen LogP contribution in [0.3, 0.4) is 0 Å². The molecule has 0 bridgehead atoms. The van der Waals surface area contributed by atoms with Crippen LogP contribution in [0, 0.1) is 5.41 Å². The van der Waals surface area contributed by atoms with Crippen molar-refractivity contribution in [2.45, 2.75) is 57.9 Å². The SMILES string of the molecule is CCCNCC1(CN2CCCC2CN(C)C)CCCC1. The first kappa shape index (κ1) is 16.3. The highest BCUT2D eigenvalue weighted by Crippen LogP contribution is 2.39. The second kappa shape index (κ2) is 7.77. The van der Waals surface area contributed by atoms with Gasteiger partial charge in [-0.05, 0) is 64.7 Å². The Balaban J connectivity index is 1.89. The average Bonchev–Trinajstić information content (AvgIpc) is 3.01. The molecule has 1 N–H and O–H groups in total. The zero-order valence-electron chi connectivity index (χ0n) is 14.0. The number of nitrogens with one attached hydrogen (secondary N) is 1. The van der Waals surface area contributed by atoms with E-state index in [-0.39, 0.29) is 0 Å². The van der Waals surface area contributed by atoms with Crippen molar-refractivity contribution in [1.29, 1.82) is 0 Å². The lowest BCUT2D eigenvalue weighted by molar-refractivity contribution is 0.123. The number of rotatable bonds is 8. The molecule has 20 heavy (non-hydrogen) atoms. The Hall–Kier alpha value is -0.120. The third kappa shape index (κ3) is 4.44. The van der Waals surface area contributed by atoms with Crippen LogP contribution in [0.15, 0.2) is 0 Å². The van der Waals surface area contributed by atoms with Crippen LogP contribution in [0.2, 0.25) is 0 Å². The van der Waals surface area contributed by atoms with E-state index < -0.39 is 0 Å². The molecule has 3 nitrogen and oxygen atoms in total. The predicted molar refractivity (Wildman–Crippen MR) is 87.2 cm³/mol. The van der Waals surface area contributed by atoms with Crippen molar-refractivity contribution in [3.05, 3.63) is 0 Å². The van der Waals surface area contributed by atoms with Gasteiger partial charge in [0.25, 0.3) is 0 Å². The summed E-state index contributed by atoms with van der Waals surface area (Å²) < 4.78 is 0. The van der Waals surface area contributed by atoms with E-state index in [1.54, 1.807) is 0 Å². The molecule has 1 aliphatic carbocycles. The fourth-order valence-electron chi connectivity index (χ4n) is 4.21. The number of hydrogen-bond acceptors (Lipinski definition) is 3. The van der Waals surface area contributed by atoms with Gasteiger partial charge in [0.05, 0.1) is 0 Å². The molecule has 1 aliphatic heterocycles. The molecule has 0 radical (unpaired) electrons. The third-order valence-corrected chi connectivity index (χ3v) is 5.20.